The summed E-state index contributed by atoms with van der Waals surface area (Å²) in [5.41, 5.74) is 0.993. The predicted molar refractivity (Wildman–Crippen MR) is 111 cm³/mol. The number of amides is 2. The largest absolute Gasteiger partial charge is 0.339 e. The van der Waals surface area contributed by atoms with E-state index < -0.39 is 13.0 Å². The molecule has 2 atom stereocenters. The Balaban J connectivity index is 1.66. The molecular formula is C21H25ClF2N4O2. The van der Waals surface area contributed by atoms with Gasteiger partial charge >= 0.3 is 0 Å². The lowest BCUT2D eigenvalue weighted by Crippen LogP contribution is -2.42. The molecule has 0 unspecified atom stereocenters. The molecular weight excluding hydrogens is 414 g/mol. The van der Waals surface area contributed by atoms with E-state index in [-0.39, 0.29) is 23.8 Å². The van der Waals surface area contributed by atoms with Gasteiger partial charge in [-0.3, -0.25) is 9.59 Å². The lowest BCUT2D eigenvalue weighted by Gasteiger charge is -2.35. The van der Waals surface area contributed by atoms with E-state index in [9.17, 15) is 18.4 Å². The van der Waals surface area contributed by atoms with Crippen LogP contribution in [0.2, 0.25) is 5.02 Å². The summed E-state index contributed by atoms with van der Waals surface area (Å²) in [5.74, 6) is -0.393. The van der Waals surface area contributed by atoms with Gasteiger partial charge in [-0.25, -0.2) is 13.8 Å². The molecule has 0 aliphatic heterocycles. The van der Waals surface area contributed by atoms with E-state index in [2.05, 4.69) is 10.3 Å². The number of nitrogens with one attached hydrogen (secondary N) is 1. The average Bonchev–Trinajstić information content (AvgIpc) is 3.05. The van der Waals surface area contributed by atoms with Gasteiger partial charge in [0.15, 0.2) is 0 Å². The number of anilines is 1. The highest BCUT2D eigenvalue weighted by Gasteiger charge is 2.32. The van der Waals surface area contributed by atoms with Gasteiger partial charge in [0.05, 0.1) is 18.6 Å². The molecule has 0 saturated heterocycles. The van der Waals surface area contributed by atoms with Crippen molar-refractivity contribution in [3.63, 3.8) is 0 Å². The van der Waals surface area contributed by atoms with Gasteiger partial charge in [-0.1, -0.05) is 24.1 Å². The first-order valence-electron chi connectivity index (χ1n) is 9.89. The topological polar surface area (TPSA) is 67.2 Å². The second-order valence-corrected chi connectivity index (χ2v) is 8.09. The first-order chi connectivity index (χ1) is 14.3. The third kappa shape index (κ3) is 5.16. The number of carbonyl (C=O) groups excluding carboxylic acids is 2. The second kappa shape index (κ2) is 9.55. The molecule has 9 heteroatoms. The highest BCUT2D eigenvalue weighted by Crippen LogP contribution is 2.30. The standard InChI is InChI=1S/C21H25ClF2N4O2/c1-13-19(28(12-25-13)11-18(23)24)26-20(29)14-5-4-8-17(10-14)27(2)21(30)15-6-3-7-16(22)9-15/h3,6-7,9,12,14,17-18H,4-5,8,10-11H2,1-2H3,(H,26,29)/t14-,17+/m0/s1. The van der Waals surface area contributed by atoms with Crippen LogP contribution in [0.25, 0.3) is 0 Å². The number of hydrogen-bond acceptors (Lipinski definition) is 3. The van der Waals surface area contributed by atoms with Crippen LogP contribution >= 0.6 is 11.6 Å². The number of rotatable bonds is 6. The molecule has 1 aromatic carbocycles. The molecule has 0 radical (unpaired) electrons. The molecule has 3 rings (SSSR count). The van der Waals surface area contributed by atoms with Crippen molar-refractivity contribution in [1.29, 1.82) is 0 Å². The fourth-order valence-electron chi connectivity index (χ4n) is 3.90. The van der Waals surface area contributed by atoms with Crippen LogP contribution in [0.4, 0.5) is 14.6 Å². The van der Waals surface area contributed by atoms with Crippen LogP contribution in [0.15, 0.2) is 30.6 Å². The molecule has 2 amide bonds. The van der Waals surface area contributed by atoms with E-state index in [0.29, 0.717) is 34.9 Å². The molecule has 1 aliphatic carbocycles. The van der Waals surface area contributed by atoms with Crippen LogP contribution in [0.1, 0.15) is 41.7 Å². The summed E-state index contributed by atoms with van der Waals surface area (Å²) >= 11 is 5.99. The number of alkyl halides is 2. The Morgan fingerprint density at radius 2 is 2.13 bits per heavy atom. The molecule has 1 fully saturated rings. The molecule has 162 valence electrons. The average molecular weight is 439 g/mol. The number of aryl methyl sites for hydroxylation is 1. The third-order valence-corrected chi connectivity index (χ3v) is 5.79. The molecule has 30 heavy (non-hydrogen) atoms. The van der Waals surface area contributed by atoms with Gasteiger partial charge in [-0.2, -0.15) is 0 Å². The summed E-state index contributed by atoms with van der Waals surface area (Å²) in [6.45, 7) is 1.14. The third-order valence-electron chi connectivity index (χ3n) is 5.55. The van der Waals surface area contributed by atoms with Crippen LogP contribution < -0.4 is 5.32 Å². The molecule has 1 aliphatic rings. The van der Waals surface area contributed by atoms with Crippen molar-refractivity contribution in [3.8, 4) is 0 Å². The minimum atomic E-state index is -2.54. The van der Waals surface area contributed by atoms with Gasteiger partial charge in [-0.15, -0.1) is 0 Å². The van der Waals surface area contributed by atoms with Crippen molar-refractivity contribution in [1.82, 2.24) is 14.5 Å². The summed E-state index contributed by atoms with van der Waals surface area (Å²) in [4.78, 5) is 31.3. The minimum Gasteiger partial charge on any atom is -0.339 e. The zero-order valence-electron chi connectivity index (χ0n) is 16.9. The summed E-state index contributed by atoms with van der Waals surface area (Å²) in [6.07, 6.45) is 1.55. The van der Waals surface area contributed by atoms with Crippen molar-refractivity contribution in [3.05, 3.63) is 46.9 Å². The van der Waals surface area contributed by atoms with E-state index in [4.69, 9.17) is 11.6 Å². The Kier molecular flexibility index (Phi) is 7.07. The van der Waals surface area contributed by atoms with E-state index >= 15 is 0 Å². The van der Waals surface area contributed by atoms with Gasteiger partial charge in [0.25, 0.3) is 12.3 Å². The minimum absolute atomic E-state index is 0.0898. The maximum Gasteiger partial charge on any atom is 0.256 e. The Hall–Kier alpha value is -2.48. The smallest absolute Gasteiger partial charge is 0.256 e. The maximum atomic E-state index is 12.8. The highest BCUT2D eigenvalue weighted by molar-refractivity contribution is 6.30. The zero-order valence-corrected chi connectivity index (χ0v) is 17.7. The van der Waals surface area contributed by atoms with Gasteiger partial charge in [0, 0.05) is 29.6 Å². The van der Waals surface area contributed by atoms with E-state index in [1.807, 2.05) is 0 Å². The maximum absolute atomic E-state index is 12.8. The number of aromatic nitrogens is 2. The van der Waals surface area contributed by atoms with Gasteiger partial charge in [0.1, 0.15) is 5.82 Å². The summed E-state index contributed by atoms with van der Waals surface area (Å²) < 4.78 is 26.8. The molecule has 6 nitrogen and oxygen atoms in total. The van der Waals surface area contributed by atoms with Crippen LogP contribution in [-0.4, -0.2) is 45.8 Å². The van der Waals surface area contributed by atoms with E-state index in [0.717, 1.165) is 12.8 Å². The Morgan fingerprint density at radius 3 is 2.83 bits per heavy atom. The SMILES string of the molecule is Cc1ncn(CC(F)F)c1NC(=O)[C@H]1CCC[C@@H](N(C)C(=O)c2cccc(Cl)c2)C1. The van der Waals surface area contributed by atoms with Crippen LogP contribution in [0, 0.1) is 12.8 Å². The lowest BCUT2D eigenvalue weighted by atomic mass is 9.84. The van der Waals surface area contributed by atoms with Gasteiger partial charge < -0.3 is 14.8 Å². The van der Waals surface area contributed by atoms with Crippen molar-refractivity contribution < 1.29 is 18.4 Å². The van der Waals surface area contributed by atoms with Crippen molar-refractivity contribution in [2.75, 3.05) is 12.4 Å². The molecule has 0 bridgehead atoms. The highest BCUT2D eigenvalue weighted by atomic mass is 35.5. The quantitative estimate of drug-likeness (QED) is 0.727. The van der Waals surface area contributed by atoms with E-state index in [1.165, 1.54) is 10.9 Å². The monoisotopic (exact) mass is 438 g/mol. The van der Waals surface area contributed by atoms with Gasteiger partial charge in [-0.05, 0) is 44.4 Å². The van der Waals surface area contributed by atoms with Crippen LogP contribution in [0.5, 0.6) is 0 Å². The Bertz CT molecular complexity index is 918. The number of hydrogen-bond donors (Lipinski definition) is 1. The number of benzene rings is 1. The molecule has 2 aromatic rings. The number of halogens is 3. The fraction of sp³-hybridized carbons (Fsp3) is 0.476. The Morgan fingerprint density at radius 1 is 1.37 bits per heavy atom. The van der Waals surface area contributed by atoms with Crippen molar-refractivity contribution in [2.45, 2.75) is 51.6 Å². The number of imidazole rings is 1. The Labute approximate surface area is 179 Å². The molecule has 1 aromatic heterocycles. The number of nitrogens with zero attached hydrogens (tertiary/aromatic N) is 3. The first-order valence-corrected chi connectivity index (χ1v) is 10.3. The normalized spacial score (nSPS) is 19.0. The zero-order chi connectivity index (χ0) is 21.8. The summed E-state index contributed by atoms with van der Waals surface area (Å²) in [7, 11) is 1.73. The van der Waals surface area contributed by atoms with Gasteiger partial charge in [0.2, 0.25) is 5.91 Å². The van der Waals surface area contributed by atoms with Crippen LogP contribution in [-0.2, 0) is 11.3 Å². The van der Waals surface area contributed by atoms with Crippen molar-refractivity contribution in [2.24, 2.45) is 5.92 Å². The fourth-order valence-corrected chi connectivity index (χ4v) is 4.09. The molecule has 0 spiro atoms. The van der Waals surface area contributed by atoms with Crippen molar-refractivity contribution >= 4 is 29.2 Å². The van der Waals surface area contributed by atoms with Crippen LogP contribution in [0.3, 0.4) is 0 Å². The summed E-state index contributed by atoms with van der Waals surface area (Å²) in [6, 6.07) is 6.68. The summed E-state index contributed by atoms with van der Waals surface area (Å²) in [5, 5.41) is 3.26. The predicted octanol–water partition coefficient (Wildman–Crippen LogP) is 4.38. The first kappa shape index (κ1) is 22.2. The molecule has 1 saturated carbocycles. The molecule has 1 heterocycles. The second-order valence-electron chi connectivity index (χ2n) is 7.66. The number of carbonyl (C=O) groups is 2. The van der Waals surface area contributed by atoms with E-state index in [1.54, 1.807) is 43.1 Å². The lowest BCUT2D eigenvalue weighted by molar-refractivity contribution is -0.121. The molecule has 1 N–H and O–H groups in total.